The standard InChI is InChI=1S/C5H5N3O2/c6-4-3(5(9)10)1-7-2-8-4/h1-2H,(H,9,10)(H2,6,7,8). The van der Waals surface area contributed by atoms with Crippen LogP contribution in [0.5, 0.6) is 0 Å². The molecule has 5 heteroatoms. The Bertz CT molecular complexity index is 261. The van der Waals surface area contributed by atoms with Gasteiger partial charge in [0.1, 0.15) is 17.7 Å². The molecule has 0 radical (unpaired) electrons. The number of nitrogens with two attached hydrogens (primary N) is 1. The maximum Gasteiger partial charge on any atom is 0.341 e. The van der Waals surface area contributed by atoms with Crippen molar-refractivity contribution in [1.29, 1.82) is 0 Å². The SMILES string of the molecule is Nc1ncncc1C(=O)O. The molecule has 1 aromatic rings. The van der Waals surface area contributed by atoms with Crippen LogP contribution in [0.3, 0.4) is 0 Å². The van der Waals surface area contributed by atoms with Gasteiger partial charge in [-0.25, -0.2) is 14.8 Å². The predicted octanol–water partition coefficient (Wildman–Crippen LogP) is -0.243. The normalized spacial score (nSPS) is 9.20. The van der Waals surface area contributed by atoms with Gasteiger partial charge >= 0.3 is 5.97 Å². The summed E-state index contributed by atoms with van der Waals surface area (Å²) >= 11 is 0. The Kier molecular flexibility index (Phi) is 1.49. The number of nitrogens with zero attached hydrogens (tertiary/aromatic N) is 2. The van der Waals surface area contributed by atoms with Crippen LogP contribution in [0.2, 0.25) is 0 Å². The number of carboxylic acid groups (broad SMARTS) is 1. The lowest BCUT2D eigenvalue weighted by Gasteiger charge is -1.94. The number of rotatable bonds is 1. The molecule has 0 aliphatic carbocycles. The molecule has 52 valence electrons. The zero-order valence-corrected chi connectivity index (χ0v) is 4.98. The summed E-state index contributed by atoms with van der Waals surface area (Å²) < 4.78 is 0. The molecular formula is C5H5N3O2. The molecule has 0 aliphatic rings. The van der Waals surface area contributed by atoms with Crippen molar-refractivity contribution in [2.24, 2.45) is 0 Å². The minimum atomic E-state index is -1.11. The van der Waals surface area contributed by atoms with Crippen molar-refractivity contribution < 1.29 is 9.90 Å². The maximum absolute atomic E-state index is 10.3. The zero-order valence-electron chi connectivity index (χ0n) is 4.98. The smallest absolute Gasteiger partial charge is 0.341 e. The minimum absolute atomic E-state index is 0.0116. The third-order valence-electron chi connectivity index (χ3n) is 0.973. The number of hydrogen-bond acceptors (Lipinski definition) is 4. The molecule has 0 amide bonds. The lowest BCUT2D eigenvalue weighted by atomic mass is 10.3. The zero-order chi connectivity index (χ0) is 7.56. The lowest BCUT2D eigenvalue weighted by Crippen LogP contribution is -2.04. The average molecular weight is 139 g/mol. The van der Waals surface area contributed by atoms with Gasteiger partial charge in [-0.3, -0.25) is 0 Å². The van der Waals surface area contributed by atoms with E-state index in [9.17, 15) is 4.79 Å². The molecule has 10 heavy (non-hydrogen) atoms. The molecule has 0 spiro atoms. The average Bonchev–Trinajstić information content (AvgIpc) is 1.88. The van der Waals surface area contributed by atoms with Crippen molar-refractivity contribution >= 4 is 11.8 Å². The van der Waals surface area contributed by atoms with E-state index in [0.717, 1.165) is 6.20 Å². The van der Waals surface area contributed by atoms with Crippen molar-refractivity contribution in [2.45, 2.75) is 0 Å². The molecule has 0 fully saturated rings. The third-order valence-corrected chi connectivity index (χ3v) is 0.973. The van der Waals surface area contributed by atoms with Crippen LogP contribution in [0.1, 0.15) is 10.4 Å². The van der Waals surface area contributed by atoms with Crippen LogP contribution in [-0.4, -0.2) is 21.0 Å². The Labute approximate surface area is 56.5 Å². The summed E-state index contributed by atoms with van der Waals surface area (Å²) in [5.41, 5.74) is 5.12. The summed E-state index contributed by atoms with van der Waals surface area (Å²) in [6.07, 6.45) is 2.35. The highest BCUT2D eigenvalue weighted by atomic mass is 16.4. The topological polar surface area (TPSA) is 89.1 Å². The monoisotopic (exact) mass is 139 g/mol. The summed E-state index contributed by atoms with van der Waals surface area (Å²) in [5.74, 6) is -1.12. The Balaban J connectivity index is 3.15. The molecule has 0 saturated carbocycles. The first-order valence-corrected chi connectivity index (χ1v) is 2.50. The van der Waals surface area contributed by atoms with Crippen molar-refractivity contribution in [1.82, 2.24) is 9.97 Å². The molecule has 3 N–H and O–H groups in total. The molecule has 0 aliphatic heterocycles. The van der Waals surface area contributed by atoms with E-state index in [0.29, 0.717) is 0 Å². The molecule has 0 bridgehead atoms. The number of carboxylic acids is 1. The van der Waals surface area contributed by atoms with E-state index in [1.54, 1.807) is 0 Å². The first-order chi connectivity index (χ1) is 4.72. The molecular weight excluding hydrogens is 134 g/mol. The summed E-state index contributed by atoms with van der Waals surface area (Å²) in [5, 5.41) is 8.41. The maximum atomic E-state index is 10.3. The lowest BCUT2D eigenvalue weighted by molar-refractivity contribution is 0.0697. The van der Waals surface area contributed by atoms with Gasteiger partial charge < -0.3 is 10.8 Å². The van der Waals surface area contributed by atoms with E-state index in [1.807, 2.05) is 0 Å². The Hall–Kier alpha value is -1.65. The summed E-state index contributed by atoms with van der Waals surface area (Å²) in [6.45, 7) is 0. The van der Waals surface area contributed by atoms with E-state index < -0.39 is 5.97 Å². The van der Waals surface area contributed by atoms with Gasteiger partial charge in [0.2, 0.25) is 0 Å². The highest BCUT2D eigenvalue weighted by molar-refractivity contribution is 5.91. The summed E-state index contributed by atoms with van der Waals surface area (Å²) in [4.78, 5) is 17.2. The van der Waals surface area contributed by atoms with Crippen LogP contribution in [0.4, 0.5) is 5.82 Å². The van der Waals surface area contributed by atoms with E-state index in [4.69, 9.17) is 10.8 Å². The largest absolute Gasteiger partial charge is 0.477 e. The molecule has 0 aromatic carbocycles. The minimum Gasteiger partial charge on any atom is -0.477 e. The number of aromatic carboxylic acids is 1. The van der Waals surface area contributed by atoms with E-state index >= 15 is 0 Å². The van der Waals surface area contributed by atoms with Crippen LogP contribution in [0.15, 0.2) is 12.5 Å². The first kappa shape index (κ1) is 6.47. The van der Waals surface area contributed by atoms with E-state index in [2.05, 4.69) is 9.97 Å². The second-order valence-corrected chi connectivity index (χ2v) is 1.63. The molecule has 1 rings (SSSR count). The molecule has 5 nitrogen and oxygen atoms in total. The van der Waals surface area contributed by atoms with Gasteiger partial charge in [0.15, 0.2) is 0 Å². The van der Waals surface area contributed by atoms with Crippen LogP contribution < -0.4 is 5.73 Å². The number of nitrogen functional groups attached to an aromatic ring is 1. The van der Waals surface area contributed by atoms with Crippen LogP contribution >= 0.6 is 0 Å². The van der Waals surface area contributed by atoms with Gasteiger partial charge in [-0.2, -0.15) is 0 Å². The number of carbonyl (C=O) groups is 1. The highest BCUT2D eigenvalue weighted by Crippen LogP contribution is 2.02. The van der Waals surface area contributed by atoms with Gasteiger partial charge in [-0.05, 0) is 0 Å². The van der Waals surface area contributed by atoms with Gasteiger partial charge in [0.05, 0.1) is 0 Å². The highest BCUT2D eigenvalue weighted by Gasteiger charge is 2.06. The molecule has 1 aromatic heterocycles. The predicted molar refractivity (Wildman–Crippen MR) is 33.4 cm³/mol. The quantitative estimate of drug-likeness (QED) is 0.560. The molecule has 1 heterocycles. The number of anilines is 1. The van der Waals surface area contributed by atoms with Crippen molar-refractivity contribution in [3.05, 3.63) is 18.1 Å². The second kappa shape index (κ2) is 2.30. The van der Waals surface area contributed by atoms with Crippen molar-refractivity contribution in [3.8, 4) is 0 Å². The van der Waals surface area contributed by atoms with Gasteiger partial charge in [0.25, 0.3) is 0 Å². The van der Waals surface area contributed by atoms with Crippen molar-refractivity contribution in [3.63, 3.8) is 0 Å². The summed E-state index contributed by atoms with van der Waals surface area (Å²) in [6, 6.07) is 0. The fourth-order valence-electron chi connectivity index (χ4n) is 0.504. The van der Waals surface area contributed by atoms with Crippen molar-refractivity contribution in [2.75, 3.05) is 5.73 Å². The first-order valence-electron chi connectivity index (χ1n) is 2.50. The molecule has 0 saturated heterocycles. The third kappa shape index (κ3) is 1.02. The fourth-order valence-corrected chi connectivity index (χ4v) is 0.504. The molecule has 0 atom stereocenters. The van der Waals surface area contributed by atoms with Gasteiger partial charge in [-0.15, -0.1) is 0 Å². The van der Waals surface area contributed by atoms with Crippen LogP contribution in [-0.2, 0) is 0 Å². The van der Waals surface area contributed by atoms with Crippen LogP contribution in [0.25, 0.3) is 0 Å². The Morgan fingerprint density at radius 2 is 2.40 bits per heavy atom. The summed E-state index contributed by atoms with van der Waals surface area (Å²) in [7, 11) is 0. The van der Waals surface area contributed by atoms with E-state index in [-0.39, 0.29) is 11.4 Å². The van der Waals surface area contributed by atoms with E-state index in [1.165, 1.54) is 6.33 Å². The Morgan fingerprint density at radius 1 is 1.70 bits per heavy atom. The number of aromatic nitrogens is 2. The van der Waals surface area contributed by atoms with Crippen LogP contribution in [0, 0.1) is 0 Å². The van der Waals surface area contributed by atoms with Gasteiger partial charge in [-0.1, -0.05) is 0 Å². The fraction of sp³-hybridized carbons (Fsp3) is 0. The number of hydrogen-bond donors (Lipinski definition) is 2. The Morgan fingerprint density at radius 3 is 2.80 bits per heavy atom. The molecule has 0 unspecified atom stereocenters. The van der Waals surface area contributed by atoms with Gasteiger partial charge in [0, 0.05) is 6.20 Å². The second-order valence-electron chi connectivity index (χ2n) is 1.63.